The van der Waals surface area contributed by atoms with Crippen LogP contribution < -0.4 is 4.72 Å². The number of pyridine rings is 1. The summed E-state index contributed by atoms with van der Waals surface area (Å²) in [6.07, 6.45) is -2.04. The van der Waals surface area contributed by atoms with Crippen LogP contribution in [0.25, 0.3) is 11.4 Å². The van der Waals surface area contributed by atoms with Gasteiger partial charge in [0.1, 0.15) is 0 Å². The van der Waals surface area contributed by atoms with Crippen LogP contribution in [0.3, 0.4) is 0 Å². The van der Waals surface area contributed by atoms with Gasteiger partial charge < -0.3 is 5.11 Å². The van der Waals surface area contributed by atoms with Crippen molar-refractivity contribution in [1.29, 1.82) is 0 Å². The molecule has 0 spiro atoms. The number of hydrogen-bond donors (Lipinski definition) is 2. The average Bonchev–Trinajstić information content (AvgIpc) is 3.34. The zero-order chi connectivity index (χ0) is 29.7. The van der Waals surface area contributed by atoms with E-state index in [0.717, 1.165) is 8.56 Å². The lowest BCUT2D eigenvalue weighted by molar-refractivity contribution is -0.192. The molecule has 2 aromatic carbocycles. The van der Waals surface area contributed by atoms with Crippen LogP contribution in [0.4, 0.5) is 13.2 Å². The first-order chi connectivity index (χ1) is 18.6. The Hall–Kier alpha value is -3.19. The number of aliphatic carboxylic acids is 1. The van der Waals surface area contributed by atoms with E-state index < -0.39 is 38.7 Å². The first-order valence-electron chi connectivity index (χ1n) is 10.5. The third kappa shape index (κ3) is 7.94. The maximum absolute atomic E-state index is 13.3. The Kier molecular flexibility index (Phi) is 9.83. The molecule has 0 unspecified atom stereocenters. The second-order valence-corrected chi connectivity index (χ2v) is 12.8. The van der Waals surface area contributed by atoms with Crippen molar-refractivity contribution in [2.75, 3.05) is 0 Å². The first kappa shape index (κ1) is 31.3. The average molecular weight is 727 g/mol. The van der Waals surface area contributed by atoms with Crippen LogP contribution in [-0.2, 0) is 31.4 Å². The number of nitrogens with zero attached hydrogens (tertiary/aromatic N) is 4. The van der Waals surface area contributed by atoms with Gasteiger partial charge in [-0.1, -0.05) is 31.9 Å². The Balaban J connectivity index is 0.000000559. The van der Waals surface area contributed by atoms with Crippen LogP contribution in [0, 0.1) is 0 Å². The monoisotopic (exact) mass is 725 g/mol. The predicted molar refractivity (Wildman–Crippen MR) is 142 cm³/mol. The summed E-state index contributed by atoms with van der Waals surface area (Å²) in [4.78, 5) is 17.1. The molecular formula is C22H16Br2F3N5O6S2. The van der Waals surface area contributed by atoms with Crippen molar-refractivity contribution in [1.82, 2.24) is 23.9 Å². The molecule has 0 aliphatic heterocycles. The SMILES string of the molecule is O=C(O)C(F)(F)F.O=S(=O)(NCc1nc(-c2ccncc2)nn1S(=O)(=O)c1ccc(Br)cc1)c1ccc(Br)cc1. The fraction of sp³-hybridized carbons (Fsp3) is 0.0909. The summed E-state index contributed by atoms with van der Waals surface area (Å²) < 4.78 is 88.3. The first-order valence-corrected chi connectivity index (χ1v) is 15.0. The Labute approximate surface area is 242 Å². The van der Waals surface area contributed by atoms with Gasteiger partial charge in [0.25, 0.3) is 10.0 Å². The van der Waals surface area contributed by atoms with Crippen molar-refractivity contribution in [3.05, 3.63) is 87.8 Å². The van der Waals surface area contributed by atoms with E-state index in [9.17, 15) is 30.0 Å². The number of alkyl halides is 3. The van der Waals surface area contributed by atoms with Crippen LogP contribution >= 0.6 is 31.9 Å². The molecule has 0 amide bonds. The lowest BCUT2D eigenvalue weighted by atomic mass is 10.2. The molecule has 0 atom stereocenters. The lowest BCUT2D eigenvalue weighted by Gasteiger charge is -2.09. The molecule has 0 saturated heterocycles. The van der Waals surface area contributed by atoms with E-state index in [1.54, 1.807) is 36.4 Å². The molecular weight excluding hydrogens is 711 g/mol. The molecule has 0 saturated carbocycles. The highest BCUT2D eigenvalue weighted by Gasteiger charge is 2.38. The Morgan fingerprint density at radius 3 is 1.82 bits per heavy atom. The van der Waals surface area contributed by atoms with Gasteiger partial charge in [0.2, 0.25) is 10.0 Å². The molecule has 2 N–H and O–H groups in total. The van der Waals surface area contributed by atoms with Gasteiger partial charge in [-0.15, -0.1) is 9.19 Å². The topological polar surface area (TPSA) is 161 Å². The second-order valence-electron chi connectivity index (χ2n) is 7.47. The number of aromatic nitrogens is 4. The lowest BCUT2D eigenvalue weighted by Crippen LogP contribution is -2.27. The van der Waals surface area contributed by atoms with E-state index in [4.69, 9.17) is 9.90 Å². The summed E-state index contributed by atoms with van der Waals surface area (Å²) in [6.45, 7) is -0.397. The fourth-order valence-corrected chi connectivity index (χ4v) is 5.57. The van der Waals surface area contributed by atoms with Crippen molar-refractivity contribution in [2.24, 2.45) is 0 Å². The molecule has 11 nitrogen and oxygen atoms in total. The molecule has 2 heterocycles. The van der Waals surface area contributed by atoms with Crippen molar-refractivity contribution in [2.45, 2.75) is 22.5 Å². The van der Waals surface area contributed by atoms with E-state index in [1.165, 1.54) is 36.7 Å². The highest BCUT2D eigenvalue weighted by Crippen LogP contribution is 2.22. The number of hydrogen-bond acceptors (Lipinski definition) is 8. The number of carboxylic acids is 1. The molecule has 0 aliphatic rings. The highest BCUT2D eigenvalue weighted by molar-refractivity contribution is 9.10. The van der Waals surface area contributed by atoms with Crippen molar-refractivity contribution < 1.29 is 39.9 Å². The van der Waals surface area contributed by atoms with Crippen LogP contribution in [0.2, 0.25) is 0 Å². The number of carbonyl (C=O) groups is 1. The number of nitrogens with one attached hydrogen (secondary N) is 1. The van der Waals surface area contributed by atoms with Gasteiger partial charge >= 0.3 is 12.1 Å². The maximum atomic E-state index is 13.3. The summed E-state index contributed by atoms with van der Waals surface area (Å²) in [5, 5.41) is 11.3. The quantitative estimate of drug-likeness (QED) is 0.284. The predicted octanol–water partition coefficient (Wildman–Crippen LogP) is 4.21. The summed E-state index contributed by atoms with van der Waals surface area (Å²) >= 11 is 6.54. The molecule has 212 valence electrons. The standard InChI is InChI=1S/C20H15Br2N5O4S2.C2HF3O2/c21-15-1-5-17(6-2-15)32(28,29)24-13-19-25-20(14-9-11-23-12-10-14)26-27(19)33(30,31)18-7-3-16(22)4-8-18;3-2(4,5)1(6)7/h1-12,24H,13H2;(H,6,7). The van der Waals surface area contributed by atoms with Crippen LogP contribution in [0.5, 0.6) is 0 Å². The van der Waals surface area contributed by atoms with Gasteiger partial charge in [-0.25, -0.2) is 22.9 Å². The largest absolute Gasteiger partial charge is 0.490 e. The molecule has 0 fully saturated rings. The summed E-state index contributed by atoms with van der Waals surface area (Å²) in [6, 6.07) is 15.3. The molecule has 18 heteroatoms. The highest BCUT2D eigenvalue weighted by atomic mass is 79.9. The third-order valence-corrected chi connectivity index (χ3v) is 8.80. The third-order valence-electron chi connectivity index (χ3n) is 4.71. The number of rotatable bonds is 7. The normalized spacial score (nSPS) is 11.9. The molecule has 4 aromatic rings. The smallest absolute Gasteiger partial charge is 0.475 e. The summed E-state index contributed by atoms with van der Waals surface area (Å²) in [5.74, 6) is -2.73. The minimum Gasteiger partial charge on any atom is -0.475 e. The van der Waals surface area contributed by atoms with Gasteiger partial charge in [-0.05, 0) is 60.7 Å². The van der Waals surface area contributed by atoms with E-state index in [2.05, 4.69) is 51.6 Å². The van der Waals surface area contributed by atoms with Crippen molar-refractivity contribution in [3.63, 3.8) is 0 Å². The van der Waals surface area contributed by atoms with Crippen LogP contribution in [0.15, 0.2) is 91.8 Å². The number of benzene rings is 2. The molecule has 4 rings (SSSR count). The fourth-order valence-electron chi connectivity index (χ4n) is 2.82. The van der Waals surface area contributed by atoms with Gasteiger partial charge in [-0.2, -0.15) is 21.6 Å². The van der Waals surface area contributed by atoms with E-state index >= 15 is 0 Å². The van der Waals surface area contributed by atoms with Gasteiger partial charge in [0.05, 0.1) is 16.3 Å². The van der Waals surface area contributed by atoms with Crippen molar-refractivity contribution in [3.8, 4) is 11.4 Å². The zero-order valence-corrected chi connectivity index (χ0v) is 24.4. The van der Waals surface area contributed by atoms with Crippen LogP contribution in [0.1, 0.15) is 5.82 Å². The molecule has 0 bridgehead atoms. The molecule has 0 radical (unpaired) electrons. The number of halogens is 5. The summed E-state index contributed by atoms with van der Waals surface area (Å²) in [7, 11) is -8.07. The summed E-state index contributed by atoms with van der Waals surface area (Å²) in [5.41, 5.74) is 0.534. The zero-order valence-electron chi connectivity index (χ0n) is 19.6. The minimum atomic E-state index is -5.08. The van der Waals surface area contributed by atoms with Crippen molar-refractivity contribution >= 4 is 57.9 Å². The minimum absolute atomic E-state index is 0.0195. The second kappa shape index (κ2) is 12.5. The van der Waals surface area contributed by atoms with E-state index in [0.29, 0.717) is 10.0 Å². The molecule has 2 aromatic heterocycles. The van der Waals surface area contributed by atoms with Gasteiger partial charge in [0, 0.05) is 26.9 Å². The molecule has 40 heavy (non-hydrogen) atoms. The van der Waals surface area contributed by atoms with E-state index in [-0.39, 0.29) is 21.4 Å². The van der Waals surface area contributed by atoms with Crippen LogP contribution in [-0.4, -0.2) is 53.2 Å². The number of sulfonamides is 1. The van der Waals surface area contributed by atoms with E-state index in [1.807, 2.05) is 0 Å². The molecule has 0 aliphatic carbocycles. The number of carboxylic acid groups (broad SMARTS) is 1. The maximum Gasteiger partial charge on any atom is 0.490 e. The van der Waals surface area contributed by atoms with Gasteiger partial charge in [-0.3, -0.25) is 4.98 Å². The Morgan fingerprint density at radius 1 is 0.875 bits per heavy atom. The van der Waals surface area contributed by atoms with Gasteiger partial charge in [0.15, 0.2) is 11.6 Å². The Bertz CT molecular complexity index is 1700. The Morgan fingerprint density at radius 2 is 1.35 bits per heavy atom.